The standard InChI is InChI=1S/C21H15NO5/c1-11(23)18-17(24)10-16-14-7-2-3-8-15(14)21(25)20(16)19(18)12-5-4-6-13(9-12)22(26)27/h2-9,18-19H,10H2,1H3. The molecule has 0 heterocycles. The molecule has 2 aliphatic carbocycles. The van der Waals surface area contributed by atoms with E-state index in [4.69, 9.17) is 0 Å². The maximum Gasteiger partial charge on any atom is 0.269 e. The van der Waals surface area contributed by atoms with Crippen LogP contribution in [0.15, 0.2) is 54.1 Å². The second-order valence-electron chi connectivity index (χ2n) is 6.83. The van der Waals surface area contributed by atoms with Crippen LogP contribution < -0.4 is 0 Å². The quantitative estimate of drug-likeness (QED) is 0.474. The van der Waals surface area contributed by atoms with E-state index in [0.717, 1.165) is 0 Å². The number of allylic oxidation sites excluding steroid dienone is 2. The van der Waals surface area contributed by atoms with E-state index in [1.807, 2.05) is 0 Å². The number of benzene rings is 2. The molecule has 0 amide bonds. The number of hydrogen-bond donors (Lipinski definition) is 0. The monoisotopic (exact) mass is 361 g/mol. The van der Waals surface area contributed by atoms with Crippen LogP contribution in [0, 0.1) is 16.0 Å². The van der Waals surface area contributed by atoms with E-state index in [9.17, 15) is 24.5 Å². The molecule has 134 valence electrons. The summed E-state index contributed by atoms with van der Waals surface area (Å²) in [5.74, 6) is -2.63. The summed E-state index contributed by atoms with van der Waals surface area (Å²) in [7, 11) is 0. The normalized spacial score (nSPS) is 21.1. The average Bonchev–Trinajstić information content (AvgIpc) is 2.93. The average molecular weight is 361 g/mol. The molecule has 2 aromatic carbocycles. The van der Waals surface area contributed by atoms with E-state index in [0.29, 0.717) is 27.8 Å². The van der Waals surface area contributed by atoms with Gasteiger partial charge >= 0.3 is 0 Å². The molecule has 0 N–H and O–H groups in total. The molecule has 4 rings (SSSR count). The van der Waals surface area contributed by atoms with Crippen molar-refractivity contribution < 1.29 is 19.3 Å². The van der Waals surface area contributed by atoms with Gasteiger partial charge in [0, 0.05) is 35.6 Å². The Labute approximate surface area is 154 Å². The molecule has 0 bridgehead atoms. The third-order valence-corrected chi connectivity index (χ3v) is 5.29. The van der Waals surface area contributed by atoms with Crippen LogP contribution in [0.5, 0.6) is 0 Å². The molecule has 0 radical (unpaired) electrons. The maximum absolute atomic E-state index is 13.1. The van der Waals surface area contributed by atoms with Gasteiger partial charge in [0.05, 0.1) is 10.8 Å². The van der Waals surface area contributed by atoms with E-state index in [1.165, 1.54) is 25.1 Å². The predicted octanol–water partition coefficient (Wildman–Crippen LogP) is 3.51. The number of nitro groups is 1. The summed E-state index contributed by atoms with van der Waals surface area (Å²) in [6.07, 6.45) is 0.0216. The van der Waals surface area contributed by atoms with Crippen LogP contribution in [0.2, 0.25) is 0 Å². The van der Waals surface area contributed by atoms with Gasteiger partial charge in [-0.15, -0.1) is 0 Å². The lowest BCUT2D eigenvalue weighted by Crippen LogP contribution is -2.34. The lowest BCUT2D eigenvalue weighted by Gasteiger charge is -2.30. The molecule has 2 aromatic rings. The van der Waals surface area contributed by atoms with Gasteiger partial charge in [-0.3, -0.25) is 24.5 Å². The lowest BCUT2D eigenvalue weighted by atomic mass is 9.69. The second kappa shape index (κ2) is 6.09. The van der Waals surface area contributed by atoms with Crippen molar-refractivity contribution in [1.29, 1.82) is 0 Å². The molecule has 2 unspecified atom stereocenters. The molecule has 0 aromatic heterocycles. The van der Waals surface area contributed by atoms with Crippen LogP contribution in [-0.2, 0) is 9.59 Å². The third kappa shape index (κ3) is 2.52. The van der Waals surface area contributed by atoms with Crippen molar-refractivity contribution in [2.45, 2.75) is 19.3 Å². The number of Topliss-reactive ketones (excluding diaryl/α,β-unsaturated/α-hetero) is 3. The number of ketones is 3. The van der Waals surface area contributed by atoms with Gasteiger partial charge in [0.1, 0.15) is 11.6 Å². The van der Waals surface area contributed by atoms with Crippen LogP contribution in [-0.4, -0.2) is 22.3 Å². The minimum Gasteiger partial charge on any atom is -0.299 e. The van der Waals surface area contributed by atoms with Gasteiger partial charge in [0.2, 0.25) is 0 Å². The molecule has 27 heavy (non-hydrogen) atoms. The van der Waals surface area contributed by atoms with E-state index in [-0.39, 0.29) is 29.5 Å². The Hall–Kier alpha value is -3.41. The predicted molar refractivity (Wildman–Crippen MR) is 97.3 cm³/mol. The number of fused-ring (bicyclic) bond motifs is 2. The van der Waals surface area contributed by atoms with Gasteiger partial charge in [-0.25, -0.2) is 0 Å². The first kappa shape index (κ1) is 17.0. The second-order valence-corrected chi connectivity index (χ2v) is 6.83. The van der Waals surface area contributed by atoms with Gasteiger partial charge in [-0.2, -0.15) is 0 Å². The Morgan fingerprint density at radius 3 is 2.44 bits per heavy atom. The minimum absolute atomic E-state index is 0.0216. The van der Waals surface area contributed by atoms with Crippen LogP contribution in [0.4, 0.5) is 5.69 Å². The van der Waals surface area contributed by atoms with Crippen LogP contribution in [0.3, 0.4) is 0 Å². The van der Waals surface area contributed by atoms with E-state index >= 15 is 0 Å². The molecule has 0 saturated heterocycles. The Morgan fingerprint density at radius 2 is 1.78 bits per heavy atom. The summed E-state index contributed by atoms with van der Waals surface area (Å²) in [4.78, 5) is 48.8. The van der Waals surface area contributed by atoms with Crippen molar-refractivity contribution in [3.8, 4) is 0 Å². The SMILES string of the molecule is CC(=O)C1C(=O)CC2=C(C(=O)c3ccccc32)C1c1cccc([N+](=O)[O-])c1. The van der Waals surface area contributed by atoms with Crippen LogP contribution >= 0.6 is 0 Å². The van der Waals surface area contributed by atoms with Crippen molar-refractivity contribution >= 4 is 28.6 Å². The zero-order chi connectivity index (χ0) is 19.3. The van der Waals surface area contributed by atoms with Gasteiger partial charge in [-0.1, -0.05) is 36.4 Å². The summed E-state index contributed by atoms with van der Waals surface area (Å²) < 4.78 is 0. The number of nitrogens with zero attached hydrogens (tertiary/aromatic N) is 1. The first-order valence-corrected chi connectivity index (χ1v) is 8.54. The van der Waals surface area contributed by atoms with Crippen molar-refractivity contribution in [3.63, 3.8) is 0 Å². The molecule has 0 fully saturated rings. The molecule has 6 nitrogen and oxygen atoms in total. The van der Waals surface area contributed by atoms with Crippen molar-refractivity contribution in [3.05, 3.63) is 80.9 Å². The highest BCUT2D eigenvalue weighted by atomic mass is 16.6. The first-order valence-electron chi connectivity index (χ1n) is 8.54. The maximum atomic E-state index is 13.1. The fourth-order valence-corrected chi connectivity index (χ4v) is 4.18. The number of carbonyl (C=O) groups is 3. The summed E-state index contributed by atoms with van der Waals surface area (Å²) >= 11 is 0. The molecule has 0 spiro atoms. The highest BCUT2D eigenvalue weighted by Gasteiger charge is 2.47. The van der Waals surface area contributed by atoms with Crippen molar-refractivity contribution in [1.82, 2.24) is 0 Å². The summed E-state index contributed by atoms with van der Waals surface area (Å²) in [5, 5.41) is 11.2. The fourth-order valence-electron chi connectivity index (χ4n) is 4.18. The van der Waals surface area contributed by atoms with Gasteiger partial charge in [0.25, 0.3) is 5.69 Å². The van der Waals surface area contributed by atoms with Gasteiger partial charge in [0.15, 0.2) is 5.78 Å². The van der Waals surface area contributed by atoms with Crippen LogP contribution in [0.25, 0.3) is 5.57 Å². The lowest BCUT2D eigenvalue weighted by molar-refractivity contribution is -0.384. The first-order chi connectivity index (χ1) is 12.9. The van der Waals surface area contributed by atoms with E-state index in [2.05, 4.69) is 0 Å². The summed E-state index contributed by atoms with van der Waals surface area (Å²) in [6, 6.07) is 12.9. The summed E-state index contributed by atoms with van der Waals surface area (Å²) in [6.45, 7) is 1.32. The number of hydrogen-bond acceptors (Lipinski definition) is 5. The molecule has 2 atom stereocenters. The molecule has 6 heteroatoms. The Balaban J connectivity index is 1.96. The fraction of sp³-hybridized carbons (Fsp3) is 0.190. The highest BCUT2D eigenvalue weighted by Crippen LogP contribution is 2.49. The van der Waals surface area contributed by atoms with Crippen molar-refractivity contribution in [2.75, 3.05) is 0 Å². The molecular weight excluding hydrogens is 346 g/mol. The zero-order valence-electron chi connectivity index (χ0n) is 14.5. The molecule has 0 aliphatic heterocycles. The topological polar surface area (TPSA) is 94.3 Å². The Kier molecular flexibility index (Phi) is 3.84. The molecule has 0 saturated carbocycles. The van der Waals surface area contributed by atoms with Crippen molar-refractivity contribution in [2.24, 2.45) is 5.92 Å². The molecular formula is C21H15NO5. The number of carbonyl (C=O) groups excluding carboxylic acids is 3. The Morgan fingerprint density at radius 1 is 1.07 bits per heavy atom. The number of non-ortho nitro benzene ring substituents is 1. The van der Waals surface area contributed by atoms with Crippen LogP contribution in [0.1, 0.15) is 40.7 Å². The summed E-state index contributed by atoms with van der Waals surface area (Å²) in [5.41, 5.74) is 2.56. The zero-order valence-corrected chi connectivity index (χ0v) is 14.5. The van der Waals surface area contributed by atoms with Gasteiger partial charge < -0.3 is 0 Å². The number of rotatable bonds is 3. The highest BCUT2D eigenvalue weighted by molar-refractivity contribution is 6.26. The molecule has 2 aliphatic rings. The van der Waals surface area contributed by atoms with E-state index in [1.54, 1.807) is 30.3 Å². The smallest absolute Gasteiger partial charge is 0.269 e. The Bertz CT molecular complexity index is 1070. The largest absolute Gasteiger partial charge is 0.299 e. The van der Waals surface area contributed by atoms with E-state index < -0.39 is 16.8 Å². The van der Waals surface area contributed by atoms with Gasteiger partial charge in [-0.05, 0) is 23.6 Å². The third-order valence-electron chi connectivity index (χ3n) is 5.29. The number of nitro benzene ring substituents is 1. The minimum atomic E-state index is -1.01.